The third-order valence-corrected chi connectivity index (χ3v) is 4.04. The lowest BCUT2D eigenvalue weighted by Crippen LogP contribution is -2.39. The van der Waals surface area contributed by atoms with Crippen LogP contribution in [-0.4, -0.2) is 59.6 Å². The summed E-state index contributed by atoms with van der Waals surface area (Å²) < 4.78 is 0. The first kappa shape index (κ1) is 11.9. The van der Waals surface area contributed by atoms with E-state index in [-0.39, 0.29) is 6.54 Å². The van der Waals surface area contributed by atoms with Crippen molar-refractivity contribution >= 4 is 5.97 Å². The van der Waals surface area contributed by atoms with Gasteiger partial charge in [0.2, 0.25) is 0 Å². The van der Waals surface area contributed by atoms with Crippen molar-refractivity contribution in [2.24, 2.45) is 0 Å². The van der Waals surface area contributed by atoms with Crippen LogP contribution < -0.4 is 0 Å². The summed E-state index contributed by atoms with van der Waals surface area (Å²) in [6.45, 7) is 2.39. The summed E-state index contributed by atoms with van der Waals surface area (Å²) in [7, 11) is 1.93. The number of carbonyl (C=O) groups is 1. The minimum absolute atomic E-state index is 0.170. The maximum Gasteiger partial charge on any atom is 0.317 e. The van der Waals surface area contributed by atoms with Crippen LogP contribution >= 0.6 is 0 Å². The Morgan fingerprint density at radius 3 is 2.69 bits per heavy atom. The quantitative estimate of drug-likeness (QED) is 0.777. The molecule has 1 N–H and O–H groups in total. The van der Waals surface area contributed by atoms with E-state index in [1.165, 1.54) is 25.7 Å². The minimum atomic E-state index is -0.721. The summed E-state index contributed by atoms with van der Waals surface area (Å²) in [6, 6.07) is 1.22. The number of hydrogen-bond acceptors (Lipinski definition) is 3. The van der Waals surface area contributed by atoms with Crippen LogP contribution in [0.25, 0.3) is 0 Å². The minimum Gasteiger partial charge on any atom is -0.480 e. The molecule has 4 heteroatoms. The molecule has 2 fully saturated rings. The Labute approximate surface area is 97.2 Å². The molecule has 0 aromatic rings. The van der Waals surface area contributed by atoms with Crippen LogP contribution in [0.1, 0.15) is 32.1 Å². The molecule has 2 rings (SSSR count). The molecular formula is C12H22N2O2. The van der Waals surface area contributed by atoms with Crippen LogP contribution in [0.15, 0.2) is 0 Å². The molecule has 0 bridgehead atoms. The largest absolute Gasteiger partial charge is 0.480 e. The van der Waals surface area contributed by atoms with Gasteiger partial charge in [-0.2, -0.15) is 0 Å². The Morgan fingerprint density at radius 1 is 1.38 bits per heavy atom. The first-order chi connectivity index (χ1) is 7.66. The fourth-order valence-corrected chi connectivity index (χ4v) is 3.07. The molecule has 1 heterocycles. The summed E-state index contributed by atoms with van der Waals surface area (Å²) in [6.07, 6.45) is 6.55. The van der Waals surface area contributed by atoms with Crippen molar-refractivity contribution in [3.63, 3.8) is 0 Å². The SMILES string of the molecule is CN(CC(=O)O)C1CCN(C2CCCC2)C1. The number of aliphatic carboxylic acids is 1. The molecule has 0 radical (unpaired) electrons. The van der Waals surface area contributed by atoms with E-state index in [1.54, 1.807) is 0 Å². The topological polar surface area (TPSA) is 43.8 Å². The fourth-order valence-electron chi connectivity index (χ4n) is 3.07. The van der Waals surface area contributed by atoms with Crippen LogP contribution in [0.3, 0.4) is 0 Å². The van der Waals surface area contributed by atoms with Gasteiger partial charge < -0.3 is 5.11 Å². The Bertz CT molecular complexity index is 251. The highest BCUT2D eigenvalue weighted by atomic mass is 16.4. The van der Waals surface area contributed by atoms with E-state index in [1.807, 2.05) is 11.9 Å². The van der Waals surface area contributed by atoms with Crippen LogP contribution in [0.4, 0.5) is 0 Å². The first-order valence-corrected chi connectivity index (χ1v) is 6.33. The molecule has 4 nitrogen and oxygen atoms in total. The van der Waals surface area contributed by atoms with Gasteiger partial charge in [0.05, 0.1) is 6.54 Å². The average molecular weight is 226 g/mol. The van der Waals surface area contributed by atoms with E-state index in [0.29, 0.717) is 6.04 Å². The van der Waals surface area contributed by atoms with Crippen molar-refractivity contribution < 1.29 is 9.90 Å². The molecule has 16 heavy (non-hydrogen) atoms. The molecule has 0 aromatic carbocycles. The standard InChI is InChI=1S/C12H22N2O2/c1-13(9-12(15)16)11-6-7-14(8-11)10-4-2-3-5-10/h10-11H,2-9H2,1H3,(H,15,16). The van der Waals surface area contributed by atoms with Gasteiger partial charge in [0, 0.05) is 25.2 Å². The number of carboxylic acids is 1. The summed E-state index contributed by atoms with van der Waals surface area (Å²) in [4.78, 5) is 15.2. The molecule has 1 saturated heterocycles. The number of likely N-dealkylation sites (N-methyl/N-ethyl adjacent to an activating group) is 1. The summed E-state index contributed by atoms with van der Waals surface area (Å²) >= 11 is 0. The zero-order valence-corrected chi connectivity index (χ0v) is 10.1. The molecule has 92 valence electrons. The Morgan fingerprint density at radius 2 is 2.06 bits per heavy atom. The van der Waals surface area contributed by atoms with Crippen LogP contribution in [0, 0.1) is 0 Å². The van der Waals surface area contributed by atoms with Crippen molar-refractivity contribution in [2.75, 3.05) is 26.7 Å². The van der Waals surface area contributed by atoms with Gasteiger partial charge in [-0.15, -0.1) is 0 Å². The summed E-state index contributed by atoms with van der Waals surface area (Å²) in [5, 5.41) is 8.77. The lowest BCUT2D eigenvalue weighted by atomic mass is 10.2. The third kappa shape index (κ3) is 2.74. The molecular weight excluding hydrogens is 204 g/mol. The molecule has 0 aromatic heterocycles. The molecule has 2 aliphatic rings. The Kier molecular flexibility index (Phi) is 3.82. The smallest absolute Gasteiger partial charge is 0.317 e. The van der Waals surface area contributed by atoms with Crippen molar-refractivity contribution in [1.82, 2.24) is 9.80 Å². The Hall–Kier alpha value is -0.610. The predicted octanol–water partition coefficient (Wildman–Crippen LogP) is 1.02. The molecule has 0 amide bonds. The average Bonchev–Trinajstić information content (AvgIpc) is 2.87. The molecule has 1 aliphatic heterocycles. The number of nitrogens with zero attached hydrogens (tertiary/aromatic N) is 2. The van der Waals surface area contributed by atoms with Crippen molar-refractivity contribution in [1.29, 1.82) is 0 Å². The maximum absolute atomic E-state index is 10.6. The van der Waals surface area contributed by atoms with Gasteiger partial charge in [-0.1, -0.05) is 12.8 Å². The number of hydrogen-bond donors (Lipinski definition) is 1. The molecule has 1 saturated carbocycles. The molecule has 0 spiro atoms. The van der Waals surface area contributed by atoms with Gasteiger partial charge >= 0.3 is 5.97 Å². The van der Waals surface area contributed by atoms with E-state index >= 15 is 0 Å². The maximum atomic E-state index is 10.6. The highest BCUT2D eigenvalue weighted by Gasteiger charge is 2.31. The van der Waals surface area contributed by atoms with Gasteiger partial charge in [0.15, 0.2) is 0 Å². The molecule has 1 aliphatic carbocycles. The highest BCUT2D eigenvalue weighted by molar-refractivity contribution is 5.69. The lowest BCUT2D eigenvalue weighted by molar-refractivity contribution is -0.138. The van der Waals surface area contributed by atoms with Crippen molar-refractivity contribution in [3.05, 3.63) is 0 Å². The lowest BCUT2D eigenvalue weighted by Gasteiger charge is -2.26. The number of carboxylic acid groups (broad SMARTS) is 1. The van der Waals surface area contributed by atoms with Crippen molar-refractivity contribution in [2.45, 2.75) is 44.2 Å². The third-order valence-electron chi connectivity index (χ3n) is 4.04. The van der Waals surface area contributed by atoms with Gasteiger partial charge in [-0.05, 0) is 26.3 Å². The zero-order chi connectivity index (χ0) is 11.5. The molecule has 1 unspecified atom stereocenters. The van der Waals surface area contributed by atoms with Gasteiger partial charge in [-0.25, -0.2) is 0 Å². The van der Waals surface area contributed by atoms with Crippen LogP contribution in [0.5, 0.6) is 0 Å². The second kappa shape index (κ2) is 5.15. The van der Waals surface area contributed by atoms with E-state index in [2.05, 4.69) is 4.90 Å². The van der Waals surface area contributed by atoms with Crippen LogP contribution in [-0.2, 0) is 4.79 Å². The summed E-state index contributed by atoms with van der Waals surface area (Å²) in [5.74, 6) is -0.721. The summed E-state index contributed by atoms with van der Waals surface area (Å²) in [5.41, 5.74) is 0. The van der Waals surface area contributed by atoms with E-state index in [4.69, 9.17) is 5.11 Å². The number of likely N-dealkylation sites (tertiary alicyclic amines) is 1. The van der Waals surface area contributed by atoms with Gasteiger partial charge in [-0.3, -0.25) is 14.6 Å². The fraction of sp³-hybridized carbons (Fsp3) is 0.917. The Balaban J connectivity index is 1.80. The second-order valence-electron chi connectivity index (χ2n) is 5.18. The monoisotopic (exact) mass is 226 g/mol. The van der Waals surface area contributed by atoms with E-state index in [0.717, 1.165) is 25.6 Å². The number of rotatable bonds is 4. The normalized spacial score (nSPS) is 28.0. The molecule has 1 atom stereocenters. The van der Waals surface area contributed by atoms with Crippen molar-refractivity contribution in [3.8, 4) is 0 Å². The second-order valence-corrected chi connectivity index (χ2v) is 5.18. The zero-order valence-electron chi connectivity index (χ0n) is 10.1. The van der Waals surface area contributed by atoms with E-state index < -0.39 is 5.97 Å². The van der Waals surface area contributed by atoms with E-state index in [9.17, 15) is 4.79 Å². The van der Waals surface area contributed by atoms with Gasteiger partial charge in [0.1, 0.15) is 0 Å². The first-order valence-electron chi connectivity index (χ1n) is 6.33. The van der Waals surface area contributed by atoms with Gasteiger partial charge in [0.25, 0.3) is 0 Å². The van der Waals surface area contributed by atoms with Crippen LogP contribution in [0.2, 0.25) is 0 Å². The highest BCUT2D eigenvalue weighted by Crippen LogP contribution is 2.27. The predicted molar refractivity (Wildman–Crippen MR) is 62.5 cm³/mol.